The van der Waals surface area contributed by atoms with Crippen LogP contribution in [0.5, 0.6) is 0 Å². The van der Waals surface area contributed by atoms with E-state index in [-0.39, 0.29) is 6.42 Å². The van der Waals surface area contributed by atoms with Gasteiger partial charge in [0.05, 0.1) is 12.2 Å². The molecule has 0 bridgehead atoms. The predicted molar refractivity (Wildman–Crippen MR) is 44.8 cm³/mol. The Kier molecular flexibility index (Phi) is 2.84. The smallest absolute Gasteiger partial charge is 0.392 e. The van der Waals surface area contributed by atoms with Crippen molar-refractivity contribution in [2.24, 2.45) is 5.41 Å². The lowest BCUT2D eigenvalue weighted by atomic mass is 9.66. The first-order valence-corrected chi connectivity index (χ1v) is 4.56. The molecule has 1 aliphatic carbocycles. The largest absolute Gasteiger partial charge is 0.414 e. The fourth-order valence-electron chi connectivity index (χ4n) is 1.42. The average Bonchev–Trinajstić information content (AvgIpc) is 2.02. The van der Waals surface area contributed by atoms with Crippen LogP contribution in [0.25, 0.3) is 0 Å². The van der Waals surface area contributed by atoms with E-state index in [2.05, 4.69) is 0 Å². The summed E-state index contributed by atoms with van der Waals surface area (Å²) in [5.74, 6) is 0. The molecule has 84 valence electrons. The van der Waals surface area contributed by atoms with Gasteiger partial charge in [0.2, 0.25) is 0 Å². The lowest BCUT2D eigenvalue weighted by Crippen LogP contribution is -2.56. The van der Waals surface area contributed by atoms with Crippen LogP contribution in [0.15, 0.2) is 0 Å². The molecule has 1 aliphatic rings. The zero-order valence-electron chi connectivity index (χ0n) is 8.43. The third-order valence-corrected chi connectivity index (χ3v) is 2.96. The molecule has 0 aromatic rings. The SMILES string of the molecule is CC(OC1CC(O)C1(C)C)C(F)(F)F. The molecule has 1 fully saturated rings. The number of rotatable bonds is 2. The molecule has 0 radical (unpaired) electrons. The monoisotopic (exact) mass is 212 g/mol. The van der Waals surface area contributed by atoms with Gasteiger partial charge < -0.3 is 9.84 Å². The lowest BCUT2D eigenvalue weighted by molar-refractivity contribution is -0.269. The maximum atomic E-state index is 12.1. The summed E-state index contributed by atoms with van der Waals surface area (Å²) in [6, 6.07) is 0. The van der Waals surface area contributed by atoms with Gasteiger partial charge in [0, 0.05) is 11.8 Å². The van der Waals surface area contributed by atoms with Crippen LogP contribution in [0, 0.1) is 5.41 Å². The van der Waals surface area contributed by atoms with E-state index in [0.717, 1.165) is 6.92 Å². The number of hydrogen-bond acceptors (Lipinski definition) is 2. The molecule has 1 N–H and O–H groups in total. The van der Waals surface area contributed by atoms with E-state index in [1.54, 1.807) is 13.8 Å². The molecule has 2 nitrogen and oxygen atoms in total. The molecule has 5 heteroatoms. The third-order valence-electron chi connectivity index (χ3n) is 2.96. The van der Waals surface area contributed by atoms with Crippen LogP contribution < -0.4 is 0 Å². The minimum atomic E-state index is -4.32. The average molecular weight is 212 g/mol. The molecular weight excluding hydrogens is 197 g/mol. The second-order valence-electron chi connectivity index (χ2n) is 4.38. The van der Waals surface area contributed by atoms with Crippen molar-refractivity contribution in [3.05, 3.63) is 0 Å². The summed E-state index contributed by atoms with van der Waals surface area (Å²) in [4.78, 5) is 0. The number of ether oxygens (including phenoxy) is 1. The molecule has 3 atom stereocenters. The Hall–Kier alpha value is -0.290. The van der Waals surface area contributed by atoms with Crippen LogP contribution >= 0.6 is 0 Å². The molecule has 0 heterocycles. The molecule has 1 rings (SSSR count). The number of halogens is 3. The maximum Gasteiger partial charge on any atom is 0.414 e. The number of aliphatic hydroxyl groups is 1. The van der Waals surface area contributed by atoms with E-state index < -0.39 is 29.9 Å². The van der Waals surface area contributed by atoms with Gasteiger partial charge in [-0.15, -0.1) is 0 Å². The number of aliphatic hydroxyl groups excluding tert-OH is 1. The number of alkyl halides is 3. The highest BCUT2D eigenvalue weighted by atomic mass is 19.4. The third kappa shape index (κ3) is 2.03. The summed E-state index contributed by atoms with van der Waals surface area (Å²) in [6.45, 7) is 4.39. The van der Waals surface area contributed by atoms with Gasteiger partial charge in [-0.3, -0.25) is 0 Å². The summed E-state index contributed by atoms with van der Waals surface area (Å²) in [5.41, 5.74) is -0.570. The first-order valence-electron chi connectivity index (χ1n) is 4.56. The van der Waals surface area contributed by atoms with Gasteiger partial charge in [-0.2, -0.15) is 13.2 Å². The van der Waals surface area contributed by atoms with E-state index in [4.69, 9.17) is 4.74 Å². The van der Waals surface area contributed by atoms with Crippen LogP contribution in [0.2, 0.25) is 0 Å². The van der Waals surface area contributed by atoms with Gasteiger partial charge in [0.1, 0.15) is 0 Å². The molecule has 0 aromatic carbocycles. The fraction of sp³-hybridized carbons (Fsp3) is 1.00. The van der Waals surface area contributed by atoms with Gasteiger partial charge in [-0.05, 0) is 6.92 Å². The Bertz CT molecular complexity index is 213. The Morgan fingerprint density at radius 1 is 1.43 bits per heavy atom. The topological polar surface area (TPSA) is 29.5 Å². The van der Waals surface area contributed by atoms with Crippen LogP contribution in [0.3, 0.4) is 0 Å². The van der Waals surface area contributed by atoms with Crippen molar-refractivity contribution in [3.8, 4) is 0 Å². The Balaban J connectivity index is 2.48. The zero-order valence-corrected chi connectivity index (χ0v) is 8.43. The van der Waals surface area contributed by atoms with Gasteiger partial charge >= 0.3 is 6.18 Å². The normalized spacial score (nSPS) is 33.6. The van der Waals surface area contributed by atoms with Gasteiger partial charge in [0.25, 0.3) is 0 Å². The first kappa shape index (κ1) is 11.8. The van der Waals surface area contributed by atoms with Crippen LogP contribution in [-0.2, 0) is 4.74 Å². The summed E-state index contributed by atoms with van der Waals surface area (Å²) >= 11 is 0. The van der Waals surface area contributed by atoms with Gasteiger partial charge in [0.15, 0.2) is 6.10 Å². The van der Waals surface area contributed by atoms with Crippen LogP contribution in [-0.4, -0.2) is 29.6 Å². The Labute approximate surface area is 81.1 Å². The standard InChI is InChI=1S/C9H15F3O2/c1-5(9(10,11)12)14-7-4-6(13)8(7,2)3/h5-7,13H,4H2,1-3H3. The minimum Gasteiger partial charge on any atom is -0.392 e. The van der Waals surface area contributed by atoms with E-state index in [9.17, 15) is 18.3 Å². The van der Waals surface area contributed by atoms with E-state index in [1.807, 2.05) is 0 Å². The highest BCUT2D eigenvalue weighted by Gasteiger charge is 2.51. The molecule has 1 saturated carbocycles. The summed E-state index contributed by atoms with van der Waals surface area (Å²) < 4.78 is 41.2. The second kappa shape index (κ2) is 3.38. The van der Waals surface area contributed by atoms with E-state index in [0.29, 0.717) is 0 Å². The number of hydrogen-bond donors (Lipinski definition) is 1. The van der Waals surface area contributed by atoms with Crippen molar-refractivity contribution in [3.63, 3.8) is 0 Å². The zero-order chi connectivity index (χ0) is 11.1. The maximum absolute atomic E-state index is 12.1. The van der Waals surface area contributed by atoms with Crippen LogP contribution in [0.1, 0.15) is 27.2 Å². The van der Waals surface area contributed by atoms with Crippen molar-refractivity contribution >= 4 is 0 Å². The minimum absolute atomic E-state index is 0.285. The fourth-order valence-corrected chi connectivity index (χ4v) is 1.42. The first-order chi connectivity index (χ1) is 6.15. The molecule has 0 saturated heterocycles. The van der Waals surface area contributed by atoms with E-state index >= 15 is 0 Å². The lowest BCUT2D eigenvalue weighted by Gasteiger charge is -2.49. The van der Waals surface area contributed by atoms with Gasteiger partial charge in [-0.1, -0.05) is 13.8 Å². The summed E-state index contributed by atoms with van der Waals surface area (Å²) in [7, 11) is 0. The summed E-state index contributed by atoms with van der Waals surface area (Å²) in [5, 5.41) is 9.30. The summed E-state index contributed by atoms with van der Waals surface area (Å²) in [6.07, 6.45) is -6.87. The van der Waals surface area contributed by atoms with Crippen molar-refractivity contribution in [2.75, 3.05) is 0 Å². The molecular formula is C9H15F3O2. The molecule has 0 aliphatic heterocycles. The highest BCUT2D eigenvalue weighted by Crippen LogP contribution is 2.44. The molecule has 0 aromatic heterocycles. The Morgan fingerprint density at radius 3 is 2.21 bits per heavy atom. The molecule has 0 spiro atoms. The highest BCUT2D eigenvalue weighted by molar-refractivity contribution is 4.98. The van der Waals surface area contributed by atoms with Gasteiger partial charge in [-0.25, -0.2) is 0 Å². The molecule has 3 unspecified atom stereocenters. The quantitative estimate of drug-likeness (QED) is 0.759. The Morgan fingerprint density at radius 2 is 1.93 bits per heavy atom. The van der Waals surface area contributed by atoms with Crippen molar-refractivity contribution in [1.82, 2.24) is 0 Å². The molecule has 14 heavy (non-hydrogen) atoms. The van der Waals surface area contributed by atoms with Crippen molar-refractivity contribution < 1.29 is 23.0 Å². The van der Waals surface area contributed by atoms with Crippen molar-refractivity contribution in [1.29, 1.82) is 0 Å². The predicted octanol–water partition coefficient (Wildman–Crippen LogP) is 2.11. The molecule has 0 amide bonds. The van der Waals surface area contributed by atoms with Crippen molar-refractivity contribution in [2.45, 2.75) is 51.7 Å². The second-order valence-corrected chi connectivity index (χ2v) is 4.38. The van der Waals surface area contributed by atoms with Crippen LogP contribution in [0.4, 0.5) is 13.2 Å². The van der Waals surface area contributed by atoms with E-state index in [1.165, 1.54) is 0 Å².